The quantitative estimate of drug-likeness (QED) is 0.755. The van der Waals surface area contributed by atoms with Crippen LogP contribution in [-0.4, -0.2) is 6.54 Å². The lowest BCUT2D eigenvalue weighted by molar-refractivity contribution is 0.348. The van der Waals surface area contributed by atoms with E-state index in [-0.39, 0.29) is 5.41 Å². The highest BCUT2D eigenvalue weighted by molar-refractivity contribution is 6.04. The van der Waals surface area contributed by atoms with Crippen LogP contribution < -0.4 is 5.73 Å². The molecule has 2 heteroatoms. The molecular formula is C18H21NO. The van der Waals surface area contributed by atoms with E-state index in [1.807, 2.05) is 12.1 Å². The predicted octanol–water partition coefficient (Wildman–Crippen LogP) is 4.50. The summed E-state index contributed by atoms with van der Waals surface area (Å²) in [5.74, 6) is 0. The molecule has 3 rings (SSSR count). The van der Waals surface area contributed by atoms with Crippen LogP contribution in [0.5, 0.6) is 0 Å². The van der Waals surface area contributed by atoms with Gasteiger partial charge in [-0.15, -0.1) is 0 Å². The van der Waals surface area contributed by atoms with Gasteiger partial charge in [0.25, 0.3) is 0 Å². The Balaban J connectivity index is 1.95. The van der Waals surface area contributed by atoms with Gasteiger partial charge in [0.15, 0.2) is 0 Å². The third kappa shape index (κ3) is 2.44. The first-order valence-corrected chi connectivity index (χ1v) is 7.19. The van der Waals surface area contributed by atoms with Crippen molar-refractivity contribution in [3.05, 3.63) is 48.0 Å². The van der Waals surface area contributed by atoms with Crippen LogP contribution in [0.4, 0.5) is 0 Å². The molecule has 0 radical (unpaired) electrons. The lowest BCUT2D eigenvalue weighted by Gasteiger charge is -2.21. The molecule has 0 atom stereocenters. The second kappa shape index (κ2) is 4.95. The summed E-state index contributed by atoms with van der Waals surface area (Å²) in [6.07, 6.45) is 2.16. The molecular weight excluding hydrogens is 246 g/mol. The lowest BCUT2D eigenvalue weighted by atomic mass is 9.86. The van der Waals surface area contributed by atoms with E-state index in [1.165, 1.54) is 16.3 Å². The standard InChI is InChI=1S/C18H21NO/c1-18(2,12-19)10-9-13-7-8-17-15(11-13)14-5-3-4-6-16(14)20-17/h3-8,11H,9-10,12,19H2,1-2H3. The van der Waals surface area contributed by atoms with Gasteiger partial charge in [0.05, 0.1) is 0 Å². The number of para-hydroxylation sites is 1. The minimum atomic E-state index is 0.202. The van der Waals surface area contributed by atoms with E-state index in [2.05, 4.69) is 44.2 Å². The minimum Gasteiger partial charge on any atom is -0.456 e. The largest absolute Gasteiger partial charge is 0.456 e. The maximum atomic E-state index is 5.85. The van der Waals surface area contributed by atoms with E-state index in [0.29, 0.717) is 0 Å². The van der Waals surface area contributed by atoms with E-state index in [1.54, 1.807) is 0 Å². The minimum absolute atomic E-state index is 0.202. The van der Waals surface area contributed by atoms with E-state index < -0.39 is 0 Å². The molecule has 0 aliphatic heterocycles. The maximum absolute atomic E-state index is 5.85. The number of rotatable bonds is 4. The highest BCUT2D eigenvalue weighted by Gasteiger charge is 2.15. The van der Waals surface area contributed by atoms with Crippen LogP contribution in [0.25, 0.3) is 21.9 Å². The number of nitrogens with two attached hydrogens (primary N) is 1. The molecule has 1 heterocycles. The number of benzene rings is 2. The fourth-order valence-corrected chi connectivity index (χ4v) is 2.51. The first-order chi connectivity index (χ1) is 9.59. The van der Waals surface area contributed by atoms with Gasteiger partial charge in [-0.05, 0) is 48.6 Å². The molecule has 104 valence electrons. The van der Waals surface area contributed by atoms with Crippen molar-refractivity contribution < 1.29 is 4.42 Å². The lowest BCUT2D eigenvalue weighted by Crippen LogP contribution is -2.23. The smallest absolute Gasteiger partial charge is 0.135 e. The normalized spacial score (nSPS) is 12.3. The van der Waals surface area contributed by atoms with Crippen molar-refractivity contribution in [3.63, 3.8) is 0 Å². The number of hydrogen-bond donors (Lipinski definition) is 1. The summed E-state index contributed by atoms with van der Waals surface area (Å²) >= 11 is 0. The number of aryl methyl sites for hydroxylation is 1. The number of hydrogen-bond acceptors (Lipinski definition) is 2. The van der Waals surface area contributed by atoms with E-state index in [9.17, 15) is 0 Å². The van der Waals surface area contributed by atoms with Crippen molar-refractivity contribution in [1.29, 1.82) is 0 Å². The van der Waals surface area contributed by atoms with Gasteiger partial charge in [0, 0.05) is 10.8 Å². The second-order valence-electron chi connectivity index (χ2n) is 6.30. The van der Waals surface area contributed by atoms with Crippen molar-refractivity contribution in [2.75, 3.05) is 6.54 Å². The fourth-order valence-electron chi connectivity index (χ4n) is 2.51. The summed E-state index contributed by atoms with van der Waals surface area (Å²) in [6.45, 7) is 5.17. The average Bonchev–Trinajstić information content (AvgIpc) is 2.83. The van der Waals surface area contributed by atoms with Crippen molar-refractivity contribution in [3.8, 4) is 0 Å². The van der Waals surface area contributed by atoms with Crippen LogP contribution in [0.3, 0.4) is 0 Å². The van der Waals surface area contributed by atoms with E-state index in [0.717, 1.165) is 30.6 Å². The maximum Gasteiger partial charge on any atom is 0.135 e. The molecule has 2 N–H and O–H groups in total. The Labute approximate surface area is 119 Å². The number of furan rings is 1. The summed E-state index contributed by atoms with van der Waals surface area (Å²) in [5, 5.41) is 2.41. The molecule has 0 aliphatic rings. The van der Waals surface area contributed by atoms with Crippen LogP contribution >= 0.6 is 0 Å². The van der Waals surface area contributed by atoms with Crippen LogP contribution in [0, 0.1) is 5.41 Å². The Morgan fingerprint density at radius 2 is 1.75 bits per heavy atom. The molecule has 3 aromatic rings. The third-order valence-corrected chi connectivity index (χ3v) is 4.08. The van der Waals surface area contributed by atoms with Crippen LogP contribution in [-0.2, 0) is 6.42 Å². The molecule has 0 unspecified atom stereocenters. The summed E-state index contributed by atoms with van der Waals surface area (Å²) < 4.78 is 5.85. The molecule has 2 aromatic carbocycles. The zero-order valence-corrected chi connectivity index (χ0v) is 12.1. The molecule has 0 fully saturated rings. The molecule has 1 aromatic heterocycles. The molecule has 0 bridgehead atoms. The molecule has 20 heavy (non-hydrogen) atoms. The Bertz CT molecular complexity index is 739. The highest BCUT2D eigenvalue weighted by atomic mass is 16.3. The highest BCUT2D eigenvalue weighted by Crippen LogP contribution is 2.30. The molecule has 0 spiro atoms. The third-order valence-electron chi connectivity index (χ3n) is 4.08. The van der Waals surface area contributed by atoms with Gasteiger partial charge < -0.3 is 10.2 Å². The van der Waals surface area contributed by atoms with Crippen LogP contribution in [0.1, 0.15) is 25.8 Å². The van der Waals surface area contributed by atoms with Gasteiger partial charge in [-0.1, -0.05) is 38.1 Å². The fraction of sp³-hybridized carbons (Fsp3) is 0.333. The summed E-state index contributed by atoms with van der Waals surface area (Å²) in [7, 11) is 0. The molecule has 2 nitrogen and oxygen atoms in total. The Morgan fingerprint density at radius 3 is 2.55 bits per heavy atom. The molecule has 0 amide bonds. The molecule has 0 saturated carbocycles. The van der Waals surface area contributed by atoms with Gasteiger partial charge in [-0.2, -0.15) is 0 Å². The van der Waals surface area contributed by atoms with E-state index >= 15 is 0 Å². The monoisotopic (exact) mass is 267 g/mol. The van der Waals surface area contributed by atoms with Crippen molar-refractivity contribution in [2.45, 2.75) is 26.7 Å². The zero-order valence-electron chi connectivity index (χ0n) is 12.1. The van der Waals surface area contributed by atoms with Gasteiger partial charge in [0.1, 0.15) is 11.2 Å². The van der Waals surface area contributed by atoms with Gasteiger partial charge in [0.2, 0.25) is 0 Å². The summed E-state index contributed by atoms with van der Waals surface area (Å²) in [4.78, 5) is 0. The molecule has 0 saturated heterocycles. The summed E-state index contributed by atoms with van der Waals surface area (Å²) in [5.41, 5.74) is 9.28. The van der Waals surface area contributed by atoms with Gasteiger partial charge >= 0.3 is 0 Å². The first-order valence-electron chi connectivity index (χ1n) is 7.19. The molecule has 0 aliphatic carbocycles. The second-order valence-corrected chi connectivity index (χ2v) is 6.30. The van der Waals surface area contributed by atoms with Gasteiger partial charge in [-0.3, -0.25) is 0 Å². The Kier molecular flexibility index (Phi) is 3.27. The number of fused-ring (bicyclic) bond motifs is 3. The Morgan fingerprint density at radius 1 is 1.00 bits per heavy atom. The Hall–Kier alpha value is -1.80. The summed E-state index contributed by atoms with van der Waals surface area (Å²) in [6, 6.07) is 14.7. The zero-order chi connectivity index (χ0) is 14.2. The van der Waals surface area contributed by atoms with Crippen molar-refractivity contribution in [2.24, 2.45) is 11.1 Å². The van der Waals surface area contributed by atoms with Gasteiger partial charge in [-0.25, -0.2) is 0 Å². The average molecular weight is 267 g/mol. The van der Waals surface area contributed by atoms with Crippen LogP contribution in [0.2, 0.25) is 0 Å². The topological polar surface area (TPSA) is 39.2 Å². The van der Waals surface area contributed by atoms with Crippen molar-refractivity contribution >= 4 is 21.9 Å². The predicted molar refractivity (Wildman–Crippen MR) is 84.9 cm³/mol. The first kappa shape index (κ1) is 13.2. The van der Waals surface area contributed by atoms with E-state index in [4.69, 9.17) is 10.2 Å². The van der Waals surface area contributed by atoms with Crippen LogP contribution in [0.15, 0.2) is 46.9 Å². The van der Waals surface area contributed by atoms with Crippen molar-refractivity contribution in [1.82, 2.24) is 0 Å². The SMILES string of the molecule is CC(C)(CN)CCc1ccc2oc3ccccc3c2c1.